The van der Waals surface area contributed by atoms with Crippen LogP contribution in [-0.2, 0) is 22.1 Å². The first kappa shape index (κ1) is 13.7. The molecule has 1 aliphatic heterocycles. The molecule has 2 rings (SSSR count). The molecule has 0 unspecified atom stereocenters. The summed E-state index contributed by atoms with van der Waals surface area (Å²) in [5, 5.41) is 12.6. The summed E-state index contributed by atoms with van der Waals surface area (Å²) < 4.78 is 29.0. The molecule has 0 spiro atoms. The summed E-state index contributed by atoms with van der Waals surface area (Å²) in [6, 6.07) is 0. The summed E-state index contributed by atoms with van der Waals surface area (Å²) in [4.78, 5) is 14.6. The van der Waals surface area contributed by atoms with Crippen molar-refractivity contribution in [3.8, 4) is 0 Å². The second-order valence-corrected chi connectivity index (χ2v) is 6.00. The summed E-state index contributed by atoms with van der Waals surface area (Å²) in [5.41, 5.74) is 0. The lowest BCUT2D eigenvalue weighted by molar-refractivity contribution is -0.142. The Labute approximate surface area is 110 Å². The lowest BCUT2D eigenvalue weighted by Crippen LogP contribution is -2.43. The van der Waals surface area contributed by atoms with Crippen LogP contribution in [-0.4, -0.2) is 51.7 Å². The van der Waals surface area contributed by atoms with Crippen LogP contribution in [0.25, 0.3) is 0 Å². The quantitative estimate of drug-likeness (QED) is 0.754. The molecule has 0 saturated carbocycles. The van der Waals surface area contributed by atoms with Crippen LogP contribution < -0.4 is 4.72 Å². The number of hydrogen-bond donors (Lipinski definition) is 2. The smallest absolute Gasteiger partial charge is 0.306 e. The van der Waals surface area contributed by atoms with Crippen molar-refractivity contribution in [3.63, 3.8) is 0 Å². The van der Waals surface area contributed by atoms with Gasteiger partial charge in [0.1, 0.15) is 6.33 Å². The maximum Gasteiger partial charge on any atom is 0.306 e. The third-order valence-electron chi connectivity index (χ3n) is 3.07. The number of aliphatic carboxylic acids is 1. The van der Waals surface area contributed by atoms with Crippen molar-refractivity contribution in [1.82, 2.24) is 19.1 Å². The number of rotatable bonds is 4. The zero-order chi connectivity index (χ0) is 14.0. The fourth-order valence-electron chi connectivity index (χ4n) is 1.91. The van der Waals surface area contributed by atoms with E-state index in [4.69, 9.17) is 5.11 Å². The fourth-order valence-corrected chi connectivity index (χ4v) is 3.15. The summed E-state index contributed by atoms with van der Waals surface area (Å²) in [6.07, 6.45) is 1.87. The third-order valence-corrected chi connectivity index (χ3v) is 4.56. The topological polar surface area (TPSA) is 117 Å². The van der Waals surface area contributed by atoms with Crippen LogP contribution in [0.5, 0.6) is 0 Å². The summed E-state index contributed by atoms with van der Waals surface area (Å²) in [7, 11) is -2.14. The van der Waals surface area contributed by atoms with Crippen molar-refractivity contribution in [1.29, 1.82) is 0 Å². The Bertz CT molecular complexity index is 561. The van der Waals surface area contributed by atoms with Gasteiger partial charge in [-0.05, 0) is 12.8 Å². The molecular formula is C9H15N5O4S. The first-order chi connectivity index (χ1) is 8.90. The van der Waals surface area contributed by atoms with Crippen molar-refractivity contribution in [3.05, 3.63) is 6.33 Å². The minimum absolute atomic E-state index is 0.125. The predicted molar refractivity (Wildman–Crippen MR) is 65.5 cm³/mol. The molecule has 0 atom stereocenters. The van der Waals surface area contributed by atoms with Gasteiger partial charge < -0.3 is 5.11 Å². The van der Waals surface area contributed by atoms with Crippen molar-refractivity contribution in [2.75, 3.05) is 17.8 Å². The zero-order valence-electron chi connectivity index (χ0n) is 10.4. The van der Waals surface area contributed by atoms with Crippen molar-refractivity contribution < 1.29 is 18.3 Å². The van der Waals surface area contributed by atoms with Gasteiger partial charge in [-0.2, -0.15) is 22.8 Å². The zero-order valence-corrected chi connectivity index (χ0v) is 11.2. The van der Waals surface area contributed by atoms with Crippen LogP contribution in [0.15, 0.2) is 6.33 Å². The average molecular weight is 289 g/mol. The van der Waals surface area contributed by atoms with Gasteiger partial charge in [0.05, 0.1) is 5.92 Å². The Morgan fingerprint density at radius 2 is 2.11 bits per heavy atom. The van der Waals surface area contributed by atoms with Crippen LogP contribution in [0.1, 0.15) is 12.8 Å². The van der Waals surface area contributed by atoms with Gasteiger partial charge in [-0.25, -0.2) is 9.40 Å². The van der Waals surface area contributed by atoms with Gasteiger partial charge in [0.25, 0.3) is 0 Å². The van der Waals surface area contributed by atoms with E-state index in [1.54, 1.807) is 7.05 Å². The van der Waals surface area contributed by atoms with E-state index in [-0.39, 0.29) is 19.0 Å². The van der Waals surface area contributed by atoms with Crippen molar-refractivity contribution in [2.45, 2.75) is 12.8 Å². The third kappa shape index (κ3) is 3.01. The number of aryl methyl sites for hydroxylation is 1. The van der Waals surface area contributed by atoms with E-state index < -0.39 is 22.1 Å². The largest absolute Gasteiger partial charge is 0.481 e. The SMILES string of the molecule is Cn1ncnc1NS(=O)(=O)N1CCC(C(=O)O)CC1. The average Bonchev–Trinajstić information content (AvgIpc) is 2.74. The molecule has 19 heavy (non-hydrogen) atoms. The Morgan fingerprint density at radius 3 is 2.58 bits per heavy atom. The number of carbonyl (C=O) groups is 1. The number of anilines is 1. The predicted octanol–water partition coefficient (Wildman–Crippen LogP) is -0.732. The van der Waals surface area contributed by atoms with Crippen molar-refractivity contribution in [2.24, 2.45) is 13.0 Å². The maximum absolute atomic E-state index is 12.1. The number of hydrogen-bond acceptors (Lipinski definition) is 5. The molecule has 106 valence electrons. The molecule has 0 radical (unpaired) electrons. The maximum atomic E-state index is 12.1. The first-order valence-corrected chi connectivity index (χ1v) is 7.19. The molecule has 0 aromatic carbocycles. The minimum atomic E-state index is -3.71. The van der Waals surface area contributed by atoms with E-state index in [1.165, 1.54) is 15.3 Å². The highest BCUT2D eigenvalue weighted by atomic mass is 32.2. The lowest BCUT2D eigenvalue weighted by atomic mass is 9.99. The summed E-state index contributed by atoms with van der Waals surface area (Å²) >= 11 is 0. The van der Waals surface area contributed by atoms with Gasteiger partial charge in [-0.3, -0.25) is 4.79 Å². The highest BCUT2D eigenvalue weighted by Gasteiger charge is 2.31. The van der Waals surface area contributed by atoms with Gasteiger partial charge in [-0.1, -0.05) is 0 Å². The normalized spacial score (nSPS) is 18.4. The first-order valence-electron chi connectivity index (χ1n) is 5.75. The number of carboxylic acids is 1. The molecule has 9 nitrogen and oxygen atoms in total. The van der Waals surface area contributed by atoms with Crippen LogP contribution in [0.4, 0.5) is 5.95 Å². The molecule has 1 aliphatic rings. The molecule has 0 bridgehead atoms. The molecule has 1 aromatic rings. The molecule has 0 amide bonds. The van der Waals surface area contributed by atoms with Crippen LogP contribution in [0, 0.1) is 5.92 Å². The Kier molecular flexibility index (Phi) is 3.71. The van der Waals surface area contributed by atoms with E-state index >= 15 is 0 Å². The van der Waals surface area contributed by atoms with E-state index in [0.717, 1.165) is 0 Å². The summed E-state index contributed by atoms with van der Waals surface area (Å²) in [5.74, 6) is -1.22. The molecule has 1 aromatic heterocycles. The number of piperidine rings is 1. The Balaban J connectivity index is 2.02. The number of carboxylic acid groups (broad SMARTS) is 1. The van der Waals surface area contributed by atoms with Gasteiger partial charge in [0.15, 0.2) is 0 Å². The minimum Gasteiger partial charge on any atom is -0.481 e. The molecular weight excluding hydrogens is 274 g/mol. The number of aromatic nitrogens is 3. The van der Waals surface area contributed by atoms with Gasteiger partial charge in [0.2, 0.25) is 5.95 Å². The van der Waals surface area contributed by atoms with E-state index in [2.05, 4.69) is 14.8 Å². The molecule has 1 fully saturated rings. The number of nitrogens with zero attached hydrogens (tertiary/aromatic N) is 4. The highest BCUT2D eigenvalue weighted by Crippen LogP contribution is 2.20. The standard InChI is InChI=1S/C9H15N5O4S/c1-13-9(10-6-11-13)12-19(17,18)14-4-2-7(3-5-14)8(15)16/h6-7H,2-5H2,1H3,(H,15,16)(H,10,11,12). The van der Waals surface area contributed by atoms with E-state index in [0.29, 0.717) is 12.8 Å². The van der Waals surface area contributed by atoms with Crippen LogP contribution in [0.2, 0.25) is 0 Å². The van der Waals surface area contributed by atoms with Gasteiger partial charge in [0, 0.05) is 20.1 Å². The van der Waals surface area contributed by atoms with E-state index in [1.807, 2.05) is 0 Å². The molecule has 2 heterocycles. The van der Waals surface area contributed by atoms with Crippen molar-refractivity contribution >= 4 is 22.1 Å². The second-order valence-electron chi connectivity index (χ2n) is 4.33. The highest BCUT2D eigenvalue weighted by molar-refractivity contribution is 7.90. The Hall–Kier alpha value is -1.68. The molecule has 10 heteroatoms. The lowest BCUT2D eigenvalue weighted by Gasteiger charge is -2.29. The Morgan fingerprint density at radius 1 is 1.47 bits per heavy atom. The fraction of sp³-hybridized carbons (Fsp3) is 0.667. The van der Waals surface area contributed by atoms with E-state index in [9.17, 15) is 13.2 Å². The van der Waals surface area contributed by atoms with Crippen LogP contribution in [0.3, 0.4) is 0 Å². The number of nitrogens with one attached hydrogen (secondary N) is 1. The monoisotopic (exact) mass is 289 g/mol. The van der Waals surface area contributed by atoms with Gasteiger partial charge in [-0.15, -0.1) is 0 Å². The second kappa shape index (κ2) is 5.13. The molecule has 2 N–H and O–H groups in total. The molecule has 0 aliphatic carbocycles. The van der Waals surface area contributed by atoms with Crippen LogP contribution >= 0.6 is 0 Å². The summed E-state index contributed by atoms with van der Waals surface area (Å²) in [6.45, 7) is 0.369. The molecule has 1 saturated heterocycles. The van der Waals surface area contributed by atoms with Gasteiger partial charge >= 0.3 is 16.2 Å².